The number of aromatic amines is 1. The summed E-state index contributed by atoms with van der Waals surface area (Å²) in [6.45, 7) is 2.16. The number of aromatic nitrogens is 2. The first-order valence-corrected chi connectivity index (χ1v) is 7.87. The molecule has 0 atom stereocenters. The van der Waals surface area contributed by atoms with Crippen LogP contribution < -0.4 is 0 Å². The molecule has 2 aromatic rings. The number of aryl methyl sites for hydroxylation is 1. The van der Waals surface area contributed by atoms with Crippen molar-refractivity contribution in [1.82, 2.24) is 9.97 Å². The fraction of sp³-hybridized carbons (Fsp3) is 0.412. The van der Waals surface area contributed by atoms with Gasteiger partial charge >= 0.3 is 0 Å². The van der Waals surface area contributed by atoms with E-state index in [-0.39, 0.29) is 0 Å². The minimum atomic E-state index is 0.677. The first-order chi connectivity index (χ1) is 9.76. The summed E-state index contributed by atoms with van der Waals surface area (Å²) in [6, 6.07) is 10.8. The molecule has 104 valence electrons. The van der Waals surface area contributed by atoms with Crippen molar-refractivity contribution in [3.63, 3.8) is 0 Å². The van der Waals surface area contributed by atoms with Gasteiger partial charge in [0.25, 0.3) is 0 Å². The Morgan fingerprint density at radius 1 is 1.30 bits per heavy atom. The van der Waals surface area contributed by atoms with Crippen molar-refractivity contribution >= 4 is 12.2 Å². The van der Waals surface area contributed by atoms with Crippen LogP contribution in [0.1, 0.15) is 49.9 Å². The van der Waals surface area contributed by atoms with Crippen molar-refractivity contribution < 1.29 is 0 Å². The Morgan fingerprint density at radius 2 is 2.15 bits per heavy atom. The van der Waals surface area contributed by atoms with E-state index in [1.807, 2.05) is 6.07 Å². The van der Waals surface area contributed by atoms with E-state index in [2.05, 4.69) is 41.2 Å². The number of hydrogen-bond donors (Lipinski definition) is 1. The third-order valence-electron chi connectivity index (χ3n) is 4.05. The molecule has 1 aromatic heterocycles. The second-order valence-electron chi connectivity index (χ2n) is 5.58. The van der Waals surface area contributed by atoms with Crippen LogP contribution in [0.25, 0.3) is 11.3 Å². The van der Waals surface area contributed by atoms with E-state index in [9.17, 15) is 0 Å². The fourth-order valence-electron chi connectivity index (χ4n) is 2.72. The van der Waals surface area contributed by atoms with Crippen LogP contribution in [0.15, 0.2) is 30.3 Å². The molecule has 0 amide bonds. The fourth-order valence-corrected chi connectivity index (χ4v) is 2.95. The highest BCUT2D eigenvalue weighted by Gasteiger charge is 2.19. The first kappa shape index (κ1) is 13.5. The number of rotatable bonds is 4. The molecular formula is C17H20N2S. The molecule has 0 radical (unpaired) electrons. The molecule has 0 bridgehead atoms. The Bertz CT molecular complexity index is 656. The van der Waals surface area contributed by atoms with Gasteiger partial charge in [0.15, 0.2) is 0 Å². The maximum atomic E-state index is 5.29. The zero-order valence-electron chi connectivity index (χ0n) is 11.9. The number of benzene rings is 1. The smallest absolute Gasteiger partial charge is 0.130 e. The van der Waals surface area contributed by atoms with E-state index >= 15 is 0 Å². The van der Waals surface area contributed by atoms with E-state index in [0.717, 1.165) is 30.3 Å². The summed E-state index contributed by atoms with van der Waals surface area (Å²) < 4.78 is 0.677. The molecule has 1 aliphatic carbocycles. The van der Waals surface area contributed by atoms with Crippen LogP contribution in [0.2, 0.25) is 0 Å². The maximum absolute atomic E-state index is 5.29. The predicted octanol–water partition coefficient (Wildman–Crippen LogP) is 5.03. The van der Waals surface area contributed by atoms with Gasteiger partial charge in [-0.1, -0.05) is 43.8 Å². The topological polar surface area (TPSA) is 28.7 Å². The zero-order chi connectivity index (χ0) is 13.9. The highest BCUT2D eigenvalue weighted by Crippen LogP contribution is 2.37. The van der Waals surface area contributed by atoms with E-state index in [4.69, 9.17) is 12.2 Å². The van der Waals surface area contributed by atoms with Crippen LogP contribution in [0.4, 0.5) is 0 Å². The Balaban J connectivity index is 1.97. The summed E-state index contributed by atoms with van der Waals surface area (Å²) in [5.41, 5.74) is 3.77. The summed E-state index contributed by atoms with van der Waals surface area (Å²) in [6.07, 6.45) is 6.05. The Hall–Kier alpha value is -1.48. The summed E-state index contributed by atoms with van der Waals surface area (Å²) in [5, 5.41) is 0. The third kappa shape index (κ3) is 2.83. The van der Waals surface area contributed by atoms with Crippen LogP contribution in [-0.4, -0.2) is 9.97 Å². The lowest BCUT2D eigenvalue weighted by molar-refractivity contribution is 0.420. The van der Waals surface area contributed by atoms with Crippen molar-refractivity contribution in [2.75, 3.05) is 0 Å². The Labute approximate surface area is 125 Å². The molecule has 3 heteroatoms. The van der Waals surface area contributed by atoms with E-state index in [0.29, 0.717) is 4.64 Å². The molecular weight excluding hydrogens is 264 g/mol. The van der Waals surface area contributed by atoms with Crippen LogP contribution in [0.5, 0.6) is 0 Å². The van der Waals surface area contributed by atoms with Crippen molar-refractivity contribution in [2.24, 2.45) is 0 Å². The van der Waals surface area contributed by atoms with Gasteiger partial charge in [0.05, 0.1) is 0 Å². The van der Waals surface area contributed by atoms with E-state index in [1.54, 1.807) is 0 Å². The van der Waals surface area contributed by atoms with Crippen LogP contribution in [-0.2, 0) is 6.42 Å². The normalized spacial score (nSPS) is 15.1. The molecule has 1 saturated carbocycles. The average Bonchev–Trinajstić information content (AvgIpc) is 2.37. The first-order valence-electron chi connectivity index (χ1n) is 7.47. The van der Waals surface area contributed by atoms with Gasteiger partial charge in [0.2, 0.25) is 0 Å². The molecule has 1 N–H and O–H groups in total. The molecule has 0 aliphatic heterocycles. The summed E-state index contributed by atoms with van der Waals surface area (Å²) in [4.78, 5) is 7.82. The van der Waals surface area contributed by atoms with Crippen LogP contribution >= 0.6 is 12.2 Å². The lowest BCUT2D eigenvalue weighted by Crippen LogP contribution is -2.08. The molecule has 2 nitrogen and oxygen atoms in total. The standard InChI is InChI=1S/C17H20N2S/c1-2-5-16-18-15(11-17(20)19-16)14-9-4-8-13(10-14)12-6-3-7-12/h4,8-12H,2-3,5-7H2,1H3,(H,18,19,20). The molecule has 0 unspecified atom stereocenters. The summed E-state index contributed by atoms with van der Waals surface area (Å²) in [7, 11) is 0. The number of H-pyrrole nitrogens is 1. The minimum Gasteiger partial charge on any atom is -0.343 e. The lowest BCUT2D eigenvalue weighted by atomic mass is 9.79. The van der Waals surface area contributed by atoms with Gasteiger partial charge in [-0.2, -0.15) is 0 Å². The van der Waals surface area contributed by atoms with Gasteiger partial charge in [0.1, 0.15) is 10.5 Å². The largest absolute Gasteiger partial charge is 0.343 e. The third-order valence-corrected chi connectivity index (χ3v) is 4.26. The molecule has 3 rings (SSSR count). The predicted molar refractivity (Wildman–Crippen MR) is 85.4 cm³/mol. The molecule has 1 heterocycles. The highest BCUT2D eigenvalue weighted by atomic mass is 32.1. The number of hydrogen-bond acceptors (Lipinski definition) is 2. The summed E-state index contributed by atoms with van der Waals surface area (Å²) in [5.74, 6) is 1.75. The van der Waals surface area contributed by atoms with Gasteiger partial charge in [-0.3, -0.25) is 0 Å². The average molecular weight is 284 g/mol. The van der Waals surface area contributed by atoms with Crippen molar-refractivity contribution in [3.8, 4) is 11.3 Å². The second-order valence-corrected chi connectivity index (χ2v) is 6.00. The number of nitrogens with zero attached hydrogens (tertiary/aromatic N) is 1. The van der Waals surface area contributed by atoms with E-state index in [1.165, 1.54) is 30.4 Å². The van der Waals surface area contributed by atoms with Gasteiger partial charge in [-0.05, 0) is 48.4 Å². The van der Waals surface area contributed by atoms with Crippen LogP contribution in [0.3, 0.4) is 0 Å². The number of nitrogens with one attached hydrogen (secondary N) is 1. The SMILES string of the molecule is CCCc1nc(=S)cc(-c2cccc(C3CCC3)c2)[nH]1. The molecule has 20 heavy (non-hydrogen) atoms. The molecule has 0 spiro atoms. The molecule has 1 fully saturated rings. The highest BCUT2D eigenvalue weighted by molar-refractivity contribution is 7.71. The molecule has 1 aromatic carbocycles. The van der Waals surface area contributed by atoms with Crippen molar-refractivity contribution in [3.05, 3.63) is 46.4 Å². The van der Waals surface area contributed by atoms with Crippen LogP contribution in [0, 0.1) is 4.64 Å². The van der Waals surface area contributed by atoms with Gasteiger partial charge < -0.3 is 4.98 Å². The van der Waals surface area contributed by atoms with Gasteiger partial charge in [0, 0.05) is 12.1 Å². The maximum Gasteiger partial charge on any atom is 0.130 e. The van der Waals surface area contributed by atoms with Crippen molar-refractivity contribution in [2.45, 2.75) is 44.9 Å². The van der Waals surface area contributed by atoms with Gasteiger partial charge in [-0.25, -0.2) is 4.98 Å². The van der Waals surface area contributed by atoms with E-state index < -0.39 is 0 Å². The minimum absolute atomic E-state index is 0.677. The van der Waals surface area contributed by atoms with Gasteiger partial charge in [-0.15, -0.1) is 0 Å². The Morgan fingerprint density at radius 3 is 2.85 bits per heavy atom. The monoisotopic (exact) mass is 284 g/mol. The molecule has 1 aliphatic rings. The zero-order valence-corrected chi connectivity index (χ0v) is 12.7. The summed E-state index contributed by atoms with van der Waals surface area (Å²) >= 11 is 5.29. The molecule has 0 saturated heterocycles. The second kappa shape index (κ2) is 5.88. The quantitative estimate of drug-likeness (QED) is 0.798. The lowest BCUT2D eigenvalue weighted by Gasteiger charge is -2.26. The van der Waals surface area contributed by atoms with Crippen molar-refractivity contribution in [1.29, 1.82) is 0 Å². The Kier molecular flexibility index (Phi) is 3.97.